The van der Waals surface area contributed by atoms with Crippen molar-refractivity contribution in [1.82, 2.24) is 5.01 Å². The Hall–Kier alpha value is -1.71. The van der Waals surface area contributed by atoms with E-state index in [1.165, 1.54) is 19.3 Å². The highest BCUT2D eigenvalue weighted by Gasteiger charge is 2.50. The predicted molar refractivity (Wildman–Crippen MR) is 105 cm³/mol. The van der Waals surface area contributed by atoms with Crippen LogP contribution in [-0.2, 0) is 0 Å². The quantitative estimate of drug-likeness (QED) is 0.582. The molecule has 0 unspecified atom stereocenters. The summed E-state index contributed by atoms with van der Waals surface area (Å²) in [6.45, 7) is 0. The molecule has 0 saturated heterocycles. The summed E-state index contributed by atoms with van der Waals surface area (Å²) in [5.41, 5.74) is 3.03. The van der Waals surface area contributed by atoms with Crippen LogP contribution in [0.2, 0.25) is 10.0 Å². The number of hydrazone groups is 1. The molecule has 2 aliphatic heterocycles. The van der Waals surface area contributed by atoms with Crippen molar-refractivity contribution in [3.63, 3.8) is 0 Å². The van der Waals surface area contributed by atoms with E-state index in [-0.39, 0.29) is 11.8 Å². The molecular formula is C21H20Cl2N2O. The highest BCUT2D eigenvalue weighted by atomic mass is 35.5. The maximum Gasteiger partial charge on any atom is 0.198 e. The van der Waals surface area contributed by atoms with Crippen LogP contribution in [-0.4, -0.2) is 16.4 Å². The number of halogens is 2. The smallest absolute Gasteiger partial charge is 0.198 e. The molecule has 5 heteroatoms. The van der Waals surface area contributed by atoms with Gasteiger partial charge in [-0.15, -0.1) is 0 Å². The molecule has 1 saturated carbocycles. The first-order chi connectivity index (χ1) is 12.6. The van der Waals surface area contributed by atoms with Gasteiger partial charge in [0.1, 0.15) is 5.75 Å². The molecule has 3 aliphatic rings. The lowest BCUT2D eigenvalue weighted by molar-refractivity contribution is -0.140. The van der Waals surface area contributed by atoms with E-state index < -0.39 is 0 Å². The van der Waals surface area contributed by atoms with E-state index in [0.29, 0.717) is 0 Å². The van der Waals surface area contributed by atoms with Gasteiger partial charge in [-0.2, -0.15) is 5.10 Å². The summed E-state index contributed by atoms with van der Waals surface area (Å²) in [5.74, 6) is 0.963. The zero-order valence-electron chi connectivity index (χ0n) is 14.4. The van der Waals surface area contributed by atoms with Gasteiger partial charge in [-0.1, -0.05) is 41.8 Å². The van der Waals surface area contributed by atoms with Gasteiger partial charge in [0.25, 0.3) is 0 Å². The summed E-state index contributed by atoms with van der Waals surface area (Å²) in [6, 6.07) is 14.1. The van der Waals surface area contributed by atoms with Crippen LogP contribution in [0.25, 0.3) is 0 Å². The molecule has 26 heavy (non-hydrogen) atoms. The minimum atomic E-state index is -0.322. The third-order valence-electron chi connectivity index (χ3n) is 5.77. The first kappa shape index (κ1) is 16.5. The van der Waals surface area contributed by atoms with Gasteiger partial charge < -0.3 is 4.74 Å². The van der Waals surface area contributed by atoms with Gasteiger partial charge in [-0.3, -0.25) is 0 Å². The van der Waals surface area contributed by atoms with Crippen LogP contribution in [0, 0.1) is 0 Å². The van der Waals surface area contributed by atoms with Crippen LogP contribution in [0.15, 0.2) is 47.6 Å². The average molecular weight is 387 g/mol. The SMILES string of the molecule is Clc1ccc(C2=NN3[C@H](C2)c2cc(Cl)ccc2OC32CCCCC2)cc1. The zero-order chi connectivity index (χ0) is 17.7. The standard InChI is InChI=1S/C21H20Cl2N2O/c22-15-6-4-14(5-7-15)18-13-19-17-12-16(23)8-9-20(17)26-21(25(19)24-18)10-2-1-3-11-21/h4-9,12,19H,1-3,10-11,13H2/t19-/m1/s1. The monoisotopic (exact) mass is 386 g/mol. The van der Waals surface area contributed by atoms with Crippen LogP contribution in [0.3, 0.4) is 0 Å². The lowest BCUT2D eigenvalue weighted by Gasteiger charge is -2.49. The Morgan fingerprint density at radius 1 is 0.962 bits per heavy atom. The van der Waals surface area contributed by atoms with Crippen molar-refractivity contribution in [3.8, 4) is 5.75 Å². The van der Waals surface area contributed by atoms with Gasteiger partial charge in [-0.25, -0.2) is 5.01 Å². The van der Waals surface area contributed by atoms with Crippen molar-refractivity contribution in [3.05, 3.63) is 63.6 Å². The maximum atomic E-state index is 6.57. The Kier molecular flexibility index (Phi) is 3.91. The highest BCUT2D eigenvalue weighted by Crippen LogP contribution is 2.51. The fourth-order valence-electron chi connectivity index (χ4n) is 4.50. The molecule has 0 radical (unpaired) electrons. The van der Waals surface area contributed by atoms with Crippen molar-refractivity contribution in [1.29, 1.82) is 0 Å². The second kappa shape index (κ2) is 6.17. The minimum absolute atomic E-state index is 0.182. The Morgan fingerprint density at radius 3 is 2.46 bits per heavy atom. The second-order valence-corrected chi connectivity index (χ2v) is 8.28. The summed E-state index contributed by atoms with van der Waals surface area (Å²) in [4.78, 5) is 0. The maximum absolute atomic E-state index is 6.57. The molecule has 5 rings (SSSR count). The van der Waals surface area contributed by atoms with E-state index >= 15 is 0 Å². The van der Waals surface area contributed by atoms with Crippen LogP contribution < -0.4 is 4.74 Å². The Balaban J connectivity index is 1.60. The fourth-order valence-corrected chi connectivity index (χ4v) is 4.81. The Bertz CT molecular complexity index is 872. The van der Waals surface area contributed by atoms with Crippen LogP contribution in [0.4, 0.5) is 0 Å². The molecular weight excluding hydrogens is 367 g/mol. The van der Waals surface area contributed by atoms with E-state index in [4.69, 9.17) is 33.0 Å². The molecule has 0 amide bonds. The lowest BCUT2D eigenvalue weighted by Crippen LogP contribution is -2.54. The summed E-state index contributed by atoms with van der Waals surface area (Å²) >= 11 is 12.3. The number of fused-ring (bicyclic) bond motifs is 4. The van der Waals surface area contributed by atoms with E-state index in [9.17, 15) is 0 Å². The van der Waals surface area contributed by atoms with Crippen molar-refractivity contribution in [2.24, 2.45) is 5.10 Å². The number of rotatable bonds is 1. The Morgan fingerprint density at radius 2 is 1.69 bits per heavy atom. The highest BCUT2D eigenvalue weighted by molar-refractivity contribution is 6.31. The van der Waals surface area contributed by atoms with Gasteiger partial charge >= 0.3 is 0 Å². The van der Waals surface area contributed by atoms with Crippen LogP contribution >= 0.6 is 23.2 Å². The third-order valence-corrected chi connectivity index (χ3v) is 6.26. The van der Waals surface area contributed by atoms with Gasteiger partial charge in [0.05, 0.1) is 11.8 Å². The summed E-state index contributed by atoms with van der Waals surface area (Å²) in [7, 11) is 0. The second-order valence-electron chi connectivity index (χ2n) is 7.41. The molecule has 1 spiro atoms. The summed E-state index contributed by atoms with van der Waals surface area (Å²) < 4.78 is 6.57. The number of ether oxygens (including phenoxy) is 1. The van der Waals surface area contributed by atoms with E-state index in [2.05, 4.69) is 5.01 Å². The van der Waals surface area contributed by atoms with Crippen molar-refractivity contribution < 1.29 is 4.74 Å². The van der Waals surface area contributed by atoms with Crippen molar-refractivity contribution in [2.45, 2.75) is 50.3 Å². The largest absolute Gasteiger partial charge is 0.466 e. The van der Waals surface area contributed by atoms with Crippen LogP contribution in [0.5, 0.6) is 5.75 Å². The van der Waals surface area contributed by atoms with E-state index in [1.807, 2.05) is 42.5 Å². The predicted octanol–water partition coefficient (Wildman–Crippen LogP) is 6.20. The van der Waals surface area contributed by atoms with E-state index in [0.717, 1.165) is 51.9 Å². The molecule has 2 aromatic carbocycles. The minimum Gasteiger partial charge on any atom is -0.466 e. The first-order valence-electron chi connectivity index (χ1n) is 9.26. The van der Waals surface area contributed by atoms with Gasteiger partial charge in [0.15, 0.2) is 5.72 Å². The molecule has 2 aromatic rings. The van der Waals surface area contributed by atoms with Crippen LogP contribution in [0.1, 0.15) is 55.7 Å². The normalized spacial score (nSPS) is 23.2. The molecule has 1 aliphatic carbocycles. The molecule has 0 aromatic heterocycles. The summed E-state index contributed by atoms with van der Waals surface area (Å²) in [5, 5.41) is 8.77. The number of nitrogens with zero attached hydrogens (tertiary/aromatic N) is 2. The molecule has 134 valence electrons. The molecule has 2 heterocycles. The number of hydrogen-bond acceptors (Lipinski definition) is 3. The summed E-state index contributed by atoms with van der Waals surface area (Å²) in [6.07, 6.45) is 6.52. The van der Waals surface area contributed by atoms with E-state index in [1.54, 1.807) is 0 Å². The van der Waals surface area contributed by atoms with Gasteiger partial charge in [0, 0.05) is 34.9 Å². The average Bonchev–Trinajstić information content (AvgIpc) is 3.11. The van der Waals surface area contributed by atoms with Crippen molar-refractivity contribution >= 4 is 28.9 Å². The number of benzene rings is 2. The molecule has 0 N–H and O–H groups in total. The van der Waals surface area contributed by atoms with Gasteiger partial charge in [0.2, 0.25) is 0 Å². The molecule has 3 nitrogen and oxygen atoms in total. The fraction of sp³-hybridized carbons (Fsp3) is 0.381. The zero-order valence-corrected chi connectivity index (χ0v) is 15.9. The molecule has 1 atom stereocenters. The van der Waals surface area contributed by atoms with Crippen molar-refractivity contribution in [2.75, 3.05) is 0 Å². The molecule has 0 bridgehead atoms. The third kappa shape index (κ3) is 2.60. The molecule has 1 fully saturated rings. The lowest BCUT2D eigenvalue weighted by atomic mass is 9.86. The Labute approximate surface area is 163 Å². The van der Waals surface area contributed by atoms with Gasteiger partial charge in [-0.05, 0) is 48.7 Å². The number of hydrogen-bond donors (Lipinski definition) is 0. The topological polar surface area (TPSA) is 24.8 Å². The first-order valence-corrected chi connectivity index (χ1v) is 10.0.